The Morgan fingerprint density at radius 3 is 2.65 bits per heavy atom. The van der Waals surface area contributed by atoms with Crippen LogP contribution in [-0.4, -0.2) is 23.2 Å². The number of hydrogen-bond donors (Lipinski definition) is 1. The standard InChI is InChI=1S/C19H21N3O4/c1-4-12(2)16(19-21-17(22-26-19)15-6-5-11-25-15)20-18(23)13-7-9-14(24-3)10-8-13/h5-12,16H,4H2,1-3H3,(H,20,23)/t12-,16-/m1/s1. The molecular weight excluding hydrogens is 334 g/mol. The van der Waals surface area contributed by atoms with Crippen molar-refractivity contribution in [1.82, 2.24) is 15.5 Å². The zero-order valence-electron chi connectivity index (χ0n) is 14.9. The Hall–Kier alpha value is -3.09. The van der Waals surface area contributed by atoms with E-state index in [4.69, 9.17) is 13.7 Å². The van der Waals surface area contributed by atoms with Gasteiger partial charge in [0.05, 0.1) is 13.4 Å². The first-order valence-corrected chi connectivity index (χ1v) is 8.44. The molecular formula is C19H21N3O4. The fourth-order valence-electron chi connectivity index (χ4n) is 2.52. The molecule has 3 rings (SSSR count). The second-order valence-electron chi connectivity index (χ2n) is 6.00. The van der Waals surface area contributed by atoms with Crippen molar-refractivity contribution >= 4 is 5.91 Å². The first-order chi connectivity index (χ1) is 12.6. The van der Waals surface area contributed by atoms with Gasteiger partial charge in [-0.1, -0.05) is 25.4 Å². The number of carbonyl (C=O) groups excluding carboxylic acids is 1. The molecule has 0 spiro atoms. The zero-order chi connectivity index (χ0) is 18.5. The highest BCUT2D eigenvalue weighted by Gasteiger charge is 2.27. The lowest BCUT2D eigenvalue weighted by atomic mass is 9.98. The molecule has 0 fully saturated rings. The van der Waals surface area contributed by atoms with Gasteiger partial charge in [0.25, 0.3) is 5.91 Å². The summed E-state index contributed by atoms with van der Waals surface area (Å²) in [5.74, 6) is 1.83. The Morgan fingerprint density at radius 2 is 2.04 bits per heavy atom. The molecule has 1 aromatic carbocycles. The molecule has 2 heterocycles. The van der Waals surface area contributed by atoms with E-state index in [0.717, 1.165) is 6.42 Å². The van der Waals surface area contributed by atoms with Crippen LogP contribution in [0.2, 0.25) is 0 Å². The number of nitrogens with zero attached hydrogens (tertiary/aromatic N) is 2. The maximum atomic E-state index is 12.6. The summed E-state index contributed by atoms with van der Waals surface area (Å²) in [7, 11) is 1.58. The minimum atomic E-state index is -0.397. The van der Waals surface area contributed by atoms with Gasteiger partial charge in [0.2, 0.25) is 11.7 Å². The number of ether oxygens (including phenoxy) is 1. The van der Waals surface area contributed by atoms with Crippen molar-refractivity contribution in [3.05, 3.63) is 54.1 Å². The van der Waals surface area contributed by atoms with Gasteiger partial charge in [0.1, 0.15) is 11.8 Å². The van der Waals surface area contributed by atoms with Crippen LogP contribution < -0.4 is 10.1 Å². The number of aromatic nitrogens is 2. The van der Waals surface area contributed by atoms with E-state index >= 15 is 0 Å². The predicted octanol–water partition coefficient (Wildman–Crippen LogP) is 3.86. The topological polar surface area (TPSA) is 90.4 Å². The monoisotopic (exact) mass is 355 g/mol. The number of methoxy groups -OCH3 is 1. The van der Waals surface area contributed by atoms with E-state index in [1.165, 1.54) is 0 Å². The molecule has 0 saturated carbocycles. The van der Waals surface area contributed by atoms with Gasteiger partial charge in [0.15, 0.2) is 5.76 Å². The van der Waals surface area contributed by atoms with E-state index in [1.807, 2.05) is 13.8 Å². The molecule has 7 heteroatoms. The molecule has 0 bridgehead atoms. The summed E-state index contributed by atoms with van der Waals surface area (Å²) in [6.45, 7) is 4.07. The van der Waals surface area contributed by atoms with Crippen LogP contribution >= 0.6 is 0 Å². The Bertz CT molecular complexity index is 840. The highest BCUT2D eigenvalue weighted by molar-refractivity contribution is 5.94. The number of rotatable bonds is 7. The van der Waals surface area contributed by atoms with Gasteiger partial charge < -0.3 is 19.0 Å². The smallest absolute Gasteiger partial charge is 0.251 e. The van der Waals surface area contributed by atoms with Crippen molar-refractivity contribution in [2.24, 2.45) is 5.92 Å². The first-order valence-electron chi connectivity index (χ1n) is 8.44. The van der Waals surface area contributed by atoms with Gasteiger partial charge in [-0.2, -0.15) is 4.98 Å². The Balaban J connectivity index is 1.80. The van der Waals surface area contributed by atoms with Crippen LogP contribution in [0.5, 0.6) is 5.75 Å². The molecule has 0 unspecified atom stereocenters. The van der Waals surface area contributed by atoms with Crippen LogP contribution in [0, 0.1) is 5.92 Å². The van der Waals surface area contributed by atoms with Gasteiger partial charge in [-0.15, -0.1) is 0 Å². The van der Waals surface area contributed by atoms with E-state index in [9.17, 15) is 4.79 Å². The average Bonchev–Trinajstić information content (AvgIpc) is 3.36. The molecule has 2 aromatic heterocycles. The van der Waals surface area contributed by atoms with Crippen LogP contribution in [-0.2, 0) is 0 Å². The normalized spacial score (nSPS) is 13.2. The van der Waals surface area contributed by atoms with Crippen molar-refractivity contribution in [2.75, 3.05) is 7.11 Å². The van der Waals surface area contributed by atoms with Gasteiger partial charge >= 0.3 is 0 Å². The highest BCUT2D eigenvalue weighted by atomic mass is 16.5. The Labute approximate surface area is 151 Å². The number of furan rings is 1. The summed E-state index contributed by atoms with van der Waals surface area (Å²) in [4.78, 5) is 17.0. The molecule has 0 aliphatic carbocycles. The van der Waals surface area contributed by atoms with E-state index < -0.39 is 6.04 Å². The third-order valence-corrected chi connectivity index (χ3v) is 4.30. The molecule has 2 atom stereocenters. The maximum Gasteiger partial charge on any atom is 0.251 e. The largest absolute Gasteiger partial charge is 0.497 e. The number of benzene rings is 1. The molecule has 0 radical (unpaired) electrons. The average molecular weight is 355 g/mol. The van der Waals surface area contributed by atoms with Crippen LogP contribution in [0.4, 0.5) is 0 Å². The number of hydrogen-bond acceptors (Lipinski definition) is 6. The summed E-state index contributed by atoms with van der Waals surface area (Å²) < 4.78 is 15.8. The van der Waals surface area contributed by atoms with Crippen LogP contribution in [0.15, 0.2) is 51.6 Å². The summed E-state index contributed by atoms with van der Waals surface area (Å²) in [5.41, 5.74) is 0.532. The predicted molar refractivity (Wildman–Crippen MR) is 94.7 cm³/mol. The van der Waals surface area contributed by atoms with E-state index in [1.54, 1.807) is 49.8 Å². The lowest BCUT2D eigenvalue weighted by Gasteiger charge is -2.20. The molecule has 7 nitrogen and oxygen atoms in total. The molecule has 26 heavy (non-hydrogen) atoms. The number of nitrogens with one attached hydrogen (secondary N) is 1. The summed E-state index contributed by atoms with van der Waals surface area (Å²) in [5, 5.41) is 6.94. The minimum absolute atomic E-state index is 0.113. The van der Waals surface area contributed by atoms with Crippen molar-refractivity contribution in [1.29, 1.82) is 0 Å². The molecule has 0 aliphatic heterocycles. The third-order valence-electron chi connectivity index (χ3n) is 4.30. The van der Waals surface area contributed by atoms with Crippen molar-refractivity contribution in [3.63, 3.8) is 0 Å². The molecule has 0 saturated heterocycles. The van der Waals surface area contributed by atoms with Gasteiger partial charge in [0, 0.05) is 5.56 Å². The summed E-state index contributed by atoms with van der Waals surface area (Å²) in [6, 6.07) is 10.0. The van der Waals surface area contributed by atoms with Crippen molar-refractivity contribution < 1.29 is 18.5 Å². The first kappa shape index (κ1) is 17.7. The Kier molecular flexibility index (Phi) is 5.36. The minimum Gasteiger partial charge on any atom is -0.497 e. The van der Waals surface area contributed by atoms with Gasteiger partial charge in [-0.3, -0.25) is 4.79 Å². The van der Waals surface area contributed by atoms with Crippen LogP contribution in [0.25, 0.3) is 11.6 Å². The second-order valence-corrected chi connectivity index (χ2v) is 6.00. The van der Waals surface area contributed by atoms with Crippen molar-refractivity contribution in [2.45, 2.75) is 26.3 Å². The maximum absolute atomic E-state index is 12.6. The van der Waals surface area contributed by atoms with E-state index in [-0.39, 0.29) is 11.8 Å². The highest BCUT2D eigenvalue weighted by Crippen LogP contribution is 2.26. The summed E-state index contributed by atoms with van der Waals surface area (Å²) in [6.07, 6.45) is 2.38. The summed E-state index contributed by atoms with van der Waals surface area (Å²) >= 11 is 0. The molecule has 3 aromatic rings. The number of carbonyl (C=O) groups is 1. The lowest BCUT2D eigenvalue weighted by molar-refractivity contribution is 0.0910. The van der Waals surface area contributed by atoms with Gasteiger partial charge in [-0.05, 0) is 42.3 Å². The second kappa shape index (κ2) is 7.86. The zero-order valence-corrected chi connectivity index (χ0v) is 14.9. The van der Waals surface area contributed by atoms with Gasteiger partial charge in [-0.25, -0.2) is 0 Å². The molecule has 1 N–H and O–H groups in total. The molecule has 1 amide bonds. The van der Waals surface area contributed by atoms with Crippen LogP contribution in [0.1, 0.15) is 42.6 Å². The fraction of sp³-hybridized carbons (Fsp3) is 0.316. The quantitative estimate of drug-likeness (QED) is 0.692. The van der Waals surface area contributed by atoms with E-state index in [2.05, 4.69) is 15.5 Å². The van der Waals surface area contributed by atoms with E-state index in [0.29, 0.717) is 28.8 Å². The lowest BCUT2D eigenvalue weighted by Crippen LogP contribution is -2.32. The van der Waals surface area contributed by atoms with Crippen molar-refractivity contribution in [3.8, 4) is 17.3 Å². The Morgan fingerprint density at radius 1 is 1.27 bits per heavy atom. The number of amides is 1. The molecule has 136 valence electrons. The van der Waals surface area contributed by atoms with Crippen LogP contribution in [0.3, 0.4) is 0 Å². The SMILES string of the molecule is CC[C@@H](C)[C@@H](NC(=O)c1ccc(OC)cc1)c1nc(-c2ccco2)no1. The molecule has 0 aliphatic rings. The fourth-order valence-corrected chi connectivity index (χ4v) is 2.52. The third kappa shape index (κ3) is 3.77.